The Balaban J connectivity index is 2.20. The van der Waals surface area contributed by atoms with Gasteiger partial charge in [0.1, 0.15) is 0 Å². The zero-order chi connectivity index (χ0) is 8.49. The molecule has 1 aliphatic carbocycles. The highest BCUT2D eigenvalue weighted by Crippen LogP contribution is 2.08. The molecule has 0 aliphatic heterocycles. The number of hydrogen-bond acceptors (Lipinski definition) is 0. The fourth-order valence-corrected chi connectivity index (χ4v) is 1.41. The maximum absolute atomic E-state index is 2.43. The number of allylic oxidation sites excluding steroid dienone is 4. The summed E-state index contributed by atoms with van der Waals surface area (Å²) in [4.78, 5) is 0. The first kappa shape index (κ1) is 9.57. The molecule has 0 aromatic heterocycles. The number of hydrogen-bond donors (Lipinski definition) is 0. The Kier molecular flexibility index (Phi) is 5.70. The van der Waals surface area contributed by atoms with Crippen LogP contribution in [0.2, 0.25) is 0 Å². The van der Waals surface area contributed by atoms with Crippen LogP contribution in [0.4, 0.5) is 0 Å². The van der Waals surface area contributed by atoms with Gasteiger partial charge >= 0.3 is 0 Å². The molecule has 0 spiro atoms. The molecule has 0 saturated carbocycles. The van der Waals surface area contributed by atoms with Crippen molar-refractivity contribution >= 4 is 0 Å². The first-order chi connectivity index (χ1) is 6.00. The third-order valence-corrected chi connectivity index (χ3v) is 2.16. The van der Waals surface area contributed by atoms with Crippen molar-refractivity contribution in [1.29, 1.82) is 0 Å². The second kappa shape index (κ2) is 7.15. The van der Waals surface area contributed by atoms with E-state index in [0.717, 1.165) is 6.42 Å². The SMILES string of the molecule is [CH]1CCC/C=C\C/C=C/CCC1. The van der Waals surface area contributed by atoms with E-state index in [2.05, 4.69) is 30.7 Å². The van der Waals surface area contributed by atoms with Crippen LogP contribution in [0.5, 0.6) is 0 Å². The van der Waals surface area contributed by atoms with Crippen LogP contribution in [0.1, 0.15) is 44.9 Å². The van der Waals surface area contributed by atoms with Gasteiger partial charge in [0, 0.05) is 0 Å². The highest BCUT2D eigenvalue weighted by Gasteiger charge is 1.89. The zero-order valence-electron chi connectivity index (χ0n) is 7.84. The molecule has 0 atom stereocenters. The largest absolute Gasteiger partial charge is 0.0882 e. The van der Waals surface area contributed by atoms with E-state index in [0.29, 0.717) is 0 Å². The minimum Gasteiger partial charge on any atom is -0.0882 e. The van der Waals surface area contributed by atoms with Gasteiger partial charge in [-0.1, -0.05) is 24.3 Å². The molecule has 0 unspecified atom stereocenters. The fraction of sp³-hybridized carbons (Fsp3) is 0.583. The summed E-state index contributed by atoms with van der Waals surface area (Å²) in [5.74, 6) is 0. The molecule has 0 amide bonds. The molecule has 0 heterocycles. The Labute approximate surface area is 76.4 Å². The van der Waals surface area contributed by atoms with E-state index >= 15 is 0 Å². The van der Waals surface area contributed by atoms with Crippen molar-refractivity contribution in [2.75, 3.05) is 0 Å². The molecular weight excluding hydrogens is 144 g/mol. The lowest BCUT2D eigenvalue weighted by atomic mass is 10.1. The average molecular weight is 163 g/mol. The van der Waals surface area contributed by atoms with Gasteiger partial charge < -0.3 is 0 Å². The summed E-state index contributed by atoms with van der Waals surface area (Å²) in [6.45, 7) is 0. The van der Waals surface area contributed by atoms with Crippen molar-refractivity contribution in [2.45, 2.75) is 44.9 Å². The maximum Gasteiger partial charge on any atom is -0.0169 e. The van der Waals surface area contributed by atoms with E-state index < -0.39 is 0 Å². The van der Waals surface area contributed by atoms with Crippen molar-refractivity contribution in [3.63, 3.8) is 0 Å². The summed E-state index contributed by atoms with van der Waals surface area (Å²) in [5.41, 5.74) is 0. The van der Waals surface area contributed by atoms with Crippen molar-refractivity contribution in [3.05, 3.63) is 30.7 Å². The molecular formula is C12H19. The molecule has 0 bridgehead atoms. The molecule has 0 fully saturated rings. The lowest BCUT2D eigenvalue weighted by molar-refractivity contribution is 0.737. The summed E-state index contributed by atoms with van der Waals surface area (Å²) in [6, 6.07) is 0. The molecule has 0 nitrogen and oxygen atoms in total. The topological polar surface area (TPSA) is 0 Å². The van der Waals surface area contributed by atoms with Gasteiger partial charge in [0.2, 0.25) is 0 Å². The average Bonchev–Trinajstić information content (AvgIpc) is 2.05. The molecule has 1 aliphatic rings. The molecule has 0 aromatic rings. The van der Waals surface area contributed by atoms with Crippen LogP contribution in [-0.4, -0.2) is 0 Å². The second-order valence-corrected chi connectivity index (χ2v) is 3.33. The minimum absolute atomic E-state index is 1.13. The summed E-state index contributed by atoms with van der Waals surface area (Å²) in [5, 5.41) is 0. The Bertz CT molecular complexity index is 126. The van der Waals surface area contributed by atoms with E-state index in [1.807, 2.05) is 0 Å². The van der Waals surface area contributed by atoms with Crippen molar-refractivity contribution in [1.82, 2.24) is 0 Å². The lowest BCUT2D eigenvalue weighted by Crippen LogP contribution is -1.80. The van der Waals surface area contributed by atoms with Crippen LogP contribution in [0, 0.1) is 6.42 Å². The summed E-state index contributed by atoms with van der Waals surface area (Å²) < 4.78 is 0. The van der Waals surface area contributed by atoms with E-state index in [1.165, 1.54) is 38.5 Å². The molecule has 1 radical (unpaired) electrons. The van der Waals surface area contributed by atoms with Gasteiger partial charge in [-0.2, -0.15) is 0 Å². The Morgan fingerprint density at radius 1 is 0.583 bits per heavy atom. The van der Waals surface area contributed by atoms with Crippen molar-refractivity contribution < 1.29 is 0 Å². The third-order valence-electron chi connectivity index (χ3n) is 2.16. The molecule has 0 saturated heterocycles. The van der Waals surface area contributed by atoms with Crippen molar-refractivity contribution in [2.24, 2.45) is 0 Å². The van der Waals surface area contributed by atoms with Crippen LogP contribution in [0.15, 0.2) is 24.3 Å². The monoisotopic (exact) mass is 163 g/mol. The summed E-state index contributed by atoms with van der Waals surface area (Å²) in [7, 11) is 0. The van der Waals surface area contributed by atoms with Crippen LogP contribution in [-0.2, 0) is 0 Å². The van der Waals surface area contributed by atoms with Gasteiger partial charge in [0.05, 0.1) is 0 Å². The molecule has 12 heavy (non-hydrogen) atoms. The smallest absolute Gasteiger partial charge is 0.0169 e. The van der Waals surface area contributed by atoms with E-state index in [9.17, 15) is 0 Å². The zero-order valence-corrected chi connectivity index (χ0v) is 7.84. The van der Waals surface area contributed by atoms with Gasteiger partial charge in [-0.05, 0) is 51.4 Å². The van der Waals surface area contributed by atoms with Gasteiger partial charge in [0.15, 0.2) is 0 Å². The normalized spacial score (nSPS) is 26.7. The van der Waals surface area contributed by atoms with Crippen LogP contribution in [0.3, 0.4) is 0 Å². The minimum atomic E-state index is 1.13. The Morgan fingerprint density at radius 3 is 1.75 bits per heavy atom. The molecule has 0 heteroatoms. The second-order valence-electron chi connectivity index (χ2n) is 3.33. The molecule has 1 rings (SSSR count). The van der Waals surface area contributed by atoms with Crippen LogP contribution < -0.4 is 0 Å². The fourth-order valence-electron chi connectivity index (χ4n) is 1.41. The van der Waals surface area contributed by atoms with E-state index in [4.69, 9.17) is 0 Å². The first-order valence-corrected chi connectivity index (χ1v) is 5.12. The Hall–Kier alpha value is -0.520. The first-order valence-electron chi connectivity index (χ1n) is 5.12. The molecule has 0 aromatic carbocycles. The summed E-state index contributed by atoms with van der Waals surface area (Å²) >= 11 is 0. The standard InChI is InChI=1S/C12H19/c1-2-4-6-8-10-12-11-9-7-5-3-1/h1-2,5,7,10H,3-4,6,8-9,11-12H2/b2-1-,7-5+. The van der Waals surface area contributed by atoms with Gasteiger partial charge in [-0.3, -0.25) is 0 Å². The predicted molar refractivity (Wildman–Crippen MR) is 54.9 cm³/mol. The quantitative estimate of drug-likeness (QED) is 0.473. The Morgan fingerprint density at radius 2 is 1.17 bits per heavy atom. The van der Waals surface area contributed by atoms with E-state index in [1.54, 1.807) is 0 Å². The van der Waals surface area contributed by atoms with E-state index in [-0.39, 0.29) is 0 Å². The molecule has 67 valence electrons. The predicted octanol–water partition coefficient (Wildman–Crippen LogP) is 4.05. The van der Waals surface area contributed by atoms with Crippen molar-refractivity contribution in [3.8, 4) is 0 Å². The highest BCUT2D eigenvalue weighted by atomic mass is 14.0. The van der Waals surface area contributed by atoms with Crippen LogP contribution >= 0.6 is 0 Å². The summed E-state index contributed by atoms with van der Waals surface area (Å²) in [6.07, 6.45) is 20.5. The number of rotatable bonds is 0. The van der Waals surface area contributed by atoms with Gasteiger partial charge in [-0.15, -0.1) is 0 Å². The highest BCUT2D eigenvalue weighted by molar-refractivity contribution is 4.93. The maximum atomic E-state index is 2.43. The lowest BCUT2D eigenvalue weighted by Gasteiger charge is -1.98. The third kappa shape index (κ3) is 5.17. The van der Waals surface area contributed by atoms with Gasteiger partial charge in [-0.25, -0.2) is 0 Å². The van der Waals surface area contributed by atoms with Gasteiger partial charge in [0.25, 0.3) is 0 Å². The molecule has 0 N–H and O–H groups in total. The van der Waals surface area contributed by atoms with Crippen LogP contribution in [0.25, 0.3) is 0 Å².